The summed E-state index contributed by atoms with van der Waals surface area (Å²) in [6.45, 7) is 12.2. The van der Waals surface area contributed by atoms with Crippen LogP contribution in [0.1, 0.15) is 48.9 Å². The molecule has 1 aliphatic heterocycles. The van der Waals surface area contributed by atoms with Crippen LogP contribution in [0, 0.1) is 20.8 Å². The van der Waals surface area contributed by atoms with E-state index in [2.05, 4.69) is 159 Å². The van der Waals surface area contributed by atoms with Gasteiger partial charge in [0, 0.05) is 41.7 Å². The number of pyridine rings is 2. The molecule has 3 aromatic carbocycles. The molecule has 0 fully saturated rings. The molecular formula is C39H40N2+2. The van der Waals surface area contributed by atoms with Gasteiger partial charge in [-0.1, -0.05) is 80.6 Å². The van der Waals surface area contributed by atoms with Gasteiger partial charge >= 0.3 is 0 Å². The maximum atomic E-state index is 2.61. The van der Waals surface area contributed by atoms with E-state index in [0.717, 1.165) is 19.4 Å². The SMILES string of the molecule is CCC1(CC)C(C[n+]2cc(C)ccc2-c2ccccc2C)=Cc2ccccc2-c2cc(C)c(-c3ccccc3)c[n+]21. The molecule has 2 aromatic heterocycles. The van der Waals surface area contributed by atoms with Crippen LogP contribution in [0.3, 0.4) is 0 Å². The number of hydrogen-bond donors (Lipinski definition) is 0. The van der Waals surface area contributed by atoms with Gasteiger partial charge in [-0.25, -0.2) is 0 Å². The van der Waals surface area contributed by atoms with Crippen LogP contribution in [0.15, 0.2) is 115 Å². The molecule has 41 heavy (non-hydrogen) atoms. The molecular weight excluding hydrogens is 496 g/mol. The first kappa shape index (κ1) is 26.9. The molecule has 0 saturated heterocycles. The Kier molecular flexibility index (Phi) is 7.17. The van der Waals surface area contributed by atoms with Crippen molar-refractivity contribution in [1.29, 1.82) is 0 Å². The van der Waals surface area contributed by atoms with E-state index in [1.54, 1.807) is 0 Å². The largest absolute Gasteiger partial charge is 0.214 e. The molecule has 0 saturated carbocycles. The Morgan fingerprint density at radius 1 is 0.610 bits per heavy atom. The second-order valence-electron chi connectivity index (χ2n) is 11.5. The molecule has 0 radical (unpaired) electrons. The van der Waals surface area contributed by atoms with Crippen molar-refractivity contribution < 1.29 is 9.13 Å². The summed E-state index contributed by atoms with van der Waals surface area (Å²) in [5, 5.41) is 0. The van der Waals surface area contributed by atoms with Gasteiger partial charge in [0.25, 0.3) is 0 Å². The third-order valence-corrected chi connectivity index (χ3v) is 9.11. The Balaban J connectivity index is 1.61. The van der Waals surface area contributed by atoms with Gasteiger partial charge in [-0.15, -0.1) is 0 Å². The average Bonchev–Trinajstić information content (AvgIpc) is 3.10. The standard InChI is InChI=1S/C39H40N2/c1-6-39(7-2)33(26-40-25-28(3)21-22-37(40)34-19-13-11-15-29(34)4)24-32-18-12-14-20-35(32)38-23-30(5)36(27-41(38)39)31-16-9-8-10-17-31/h8-25,27H,6-7,26H2,1-5H3/q+2. The van der Waals surface area contributed by atoms with E-state index in [9.17, 15) is 0 Å². The van der Waals surface area contributed by atoms with Crippen molar-refractivity contribution in [3.8, 4) is 33.6 Å². The number of hydrogen-bond acceptors (Lipinski definition) is 0. The molecule has 0 N–H and O–H groups in total. The quantitative estimate of drug-likeness (QED) is 0.192. The Hall–Kier alpha value is -4.30. The molecule has 3 heterocycles. The third kappa shape index (κ3) is 4.72. The summed E-state index contributed by atoms with van der Waals surface area (Å²) >= 11 is 0. The average molecular weight is 537 g/mol. The van der Waals surface area contributed by atoms with E-state index in [1.807, 2.05) is 0 Å². The highest BCUT2D eigenvalue weighted by Gasteiger charge is 2.46. The summed E-state index contributed by atoms with van der Waals surface area (Å²) < 4.78 is 5.09. The number of aromatic nitrogens is 2. The molecule has 0 spiro atoms. The Bertz CT molecular complexity index is 1760. The highest BCUT2D eigenvalue weighted by atomic mass is 15.1. The van der Waals surface area contributed by atoms with Crippen molar-refractivity contribution in [2.45, 2.75) is 59.5 Å². The second-order valence-corrected chi connectivity index (χ2v) is 11.5. The Labute approximate surface area is 245 Å². The topological polar surface area (TPSA) is 7.76 Å². The first-order valence-electron chi connectivity index (χ1n) is 14.9. The maximum absolute atomic E-state index is 2.61. The van der Waals surface area contributed by atoms with Gasteiger partial charge in [-0.3, -0.25) is 0 Å². The lowest BCUT2D eigenvalue weighted by molar-refractivity contribution is -0.754. The molecule has 5 aromatic rings. The highest BCUT2D eigenvalue weighted by molar-refractivity contribution is 5.76. The van der Waals surface area contributed by atoms with Crippen LogP contribution >= 0.6 is 0 Å². The van der Waals surface area contributed by atoms with E-state index in [0.29, 0.717) is 0 Å². The Morgan fingerprint density at radius 2 is 1.29 bits per heavy atom. The number of rotatable bonds is 6. The summed E-state index contributed by atoms with van der Waals surface area (Å²) in [5.41, 5.74) is 14.1. The number of benzene rings is 3. The number of aryl methyl sites for hydroxylation is 3. The van der Waals surface area contributed by atoms with Crippen LogP contribution in [-0.4, -0.2) is 0 Å². The summed E-state index contributed by atoms with van der Waals surface area (Å²) in [7, 11) is 0. The molecule has 2 heteroatoms. The van der Waals surface area contributed by atoms with Crippen molar-refractivity contribution in [2.75, 3.05) is 0 Å². The Morgan fingerprint density at radius 3 is 2.02 bits per heavy atom. The molecule has 0 bridgehead atoms. The van der Waals surface area contributed by atoms with Crippen LogP contribution in [0.2, 0.25) is 0 Å². The van der Waals surface area contributed by atoms with Gasteiger partial charge in [-0.2, -0.15) is 9.13 Å². The van der Waals surface area contributed by atoms with E-state index in [1.165, 1.54) is 61.5 Å². The predicted octanol–water partition coefficient (Wildman–Crippen LogP) is 8.80. The first-order chi connectivity index (χ1) is 19.9. The highest BCUT2D eigenvalue weighted by Crippen LogP contribution is 2.39. The zero-order valence-corrected chi connectivity index (χ0v) is 25.0. The van der Waals surface area contributed by atoms with Gasteiger partial charge in [0.05, 0.1) is 11.1 Å². The number of nitrogens with zero attached hydrogens (tertiary/aromatic N) is 2. The summed E-state index contributed by atoms with van der Waals surface area (Å²) in [5.74, 6) is 0. The van der Waals surface area contributed by atoms with Gasteiger partial charge in [0.2, 0.25) is 11.4 Å². The molecule has 0 unspecified atom stereocenters. The maximum Gasteiger partial charge on any atom is 0.214 e. The van der Waals surface area contributed by atoms with Crippen LogP contribution in [0.25, 0.3) is 39.7 Å². The minimum Gasteiger partial charge on any atom is -0.194 e. The molecule has 0 aliphatic carbocycles. The summed E-state index contributed by atoms with van der Waals surface area (Å²) in [6, 6.07) is 35.4. The fraction of sp³-hybridized carbons (Fsp3) is 0.231. The minimum absolute atomic E-state index is 0.175. The minimum atomic E-state index is -0.175. The fourth-order valence-corrected chi connectivity index (χ4v) is 6.79. The van der Waals surface area contributed by atoms with Crippen molar-refractivity contribution in [1.82, 2.24) is 0 Å². The number of fused-ring (bicyclic) bond motifs is 3. The van der Waals surface area contributed by atoms with Crippen LogP contribution < -0.4 is 9.13 Å². The van der Waals surface area contributed by atoms with Gasteiger partial charge in [-0.05, 0) is 67.3 Å². The summed E-state index contributed by atoms with van der Waals surface area (Å²) in [6.07, 6.45) is 9.26. The van der Waals surface area contributed by atoms with Crippen molar-refractivity contribution in [2.24, 2.45) is 0 Å². The molecule has 0 atom stereocenters. The first-order valence-corrected chi connectivity index (χ1v) is 14.9. The lowest BCUT2D eigenvalue weighted by Gasteiger charge is -2.29. The molecule has 204 valence electrons. The monoisotopic (exact) mass is 536 g/mol. The van der Waals surface area contributed by atoms with Crippen molar-refractivity contribution in [3.05, 3.63) is 137 Å². The molecule has 1 aliphatic rings. The smallest absolute Gasteiger partial charge is 0.194 e. The third-order valence-electron chi connectivity index (χ3n) is 9.11. The van der Waals surface area contributed by atoms with E-state index in [4.69, 9.17) is 0 Å². The van der Waals surface area contributed by atoms with Gasteiger partial charge < -0.3 is 0 Å². The van der Waals surface area contributed by atoms with E-state index < -0.39 is 0 Å². The molecule has 0 amide bonds. The van der Waals surface area contributed by atoms with Crippen molar-refractivity contribution >= 4 is 6.08 Å². The van der Waals surface area contributed by atoms with Crippen LogP contribution in [-0.2, 0) is 12.1 Å². The zero-order valence-electron chi connectivity index (χ0n) is 25.0. The lowest BCUT2D eigenvalue weighted by atomic mass is 9.82. The summed E-state index contributed by atoms with van der Waals surface area (Å²) in [4.78, 5) is 0. The number of allylic oxidation sites excluding steroid dienone is 1. The van der Waals surface area contributed by atoms with Gasteiger partial charge in [0.1, 0.15) is 0 Å². The van der Waals surface area contributed by atoms with E-state index >= 15 is 0 Å². The molecule has 2 nitrogen and oxygen atoms in total. The lowest BCUT2D eigenvalue weighted by Crippen LogP contribution is -2.59. The van der Waals surface area contributed by atoms with Crippen LogP contribution in [0.5, 0.6) is 0 Å². The second kappa shape index (κ2) is 10.9. The zero-order chi connectivity index (χ0) is 28.6. The fourth-order valence-electron chi connectivity index (χ4n) is 6.79. The van der Waals surface area contributed by atoms with E-state index in [-0.39, 0.29) is 5.54 Å². The van der Waals surface area contributed by atoms with Gasteiger partial charge in [0.15, 0.2) is 24.5 Å². The molecule has 6 rings (SSSR count). The van der Waals surface area contributed by atoms with Crippen LogP contribution in [0.4, 0.5) is 0 Å². The predicted molar refractivity (Wildman–Crippen MR) is 170 cm³/mol. The normalized spacial score (nSPS) is 13.6. The van der Waals surface area contributed by atoms with Crippen molar-refractivity contribution in [3.63, 3.8) is 0 Å².